The Hall–Kier alpha value is -2.71. The summed E-state index contributed by atoms with van der Waals surface area (Å²) in [7, 11) is 0. The van der Waals surface area contributed by atoms with Crippen LogP contribution in [0.25, 0.3) is 10.9 Å². The van der Waals surface area contributed by atoms with Crippen molar-refractivity contribution >= 4 is 39.2 Å². The molecule has 1 aromatic carbocycles. The van der Waals surface area contributed by atoms with Crippen LogP contribution in [0.4, 0.5) is 5.13 Å². The van der Waals surface area contributed by atoms with E-state index in [1.165, 1.54) is 34.7 Å². The van der Waals surface area contributed by atoms with Crippen LogP contribution in [-0.2, 0) is 20.9 Å². The summed E-state index contributed by atoms with van der Waals surface area (Å²) in [5.41, 5.74) is 3.57. The van der Waals surface area contributed by atoms with Gasteiger partial charge >= 0.3 is 5.97 Å². The van der Waals surface area contributed by atoms with E-state index in [0.717, 1.165) is 38.2 Å². The number of likely N-dealkylation sites (tertiary alicyclic amines) is 1. The highest BCUT2D eigenvalue weighted by Crippen LogP contribution is 2.33. The highest BCUT2D eigenvalue weighted by atomic mass is 32.1. The van der Waals surface area contributed by atoms with Gasteiger partial charge in [0.25, 0.3) is 5.91 Å². The van der Waals surface area contributed by atoms with Crippen molar-refractivity contribution in [2.45, 2.75) is 32.2 Å². The summed E-state index contributed by atoms with van der Waals surface area (Å²) >= 11 is 1.39. The van der Waals surface area contributed by atoms with Gasteiger partial charge in [-0.3, -0.25) is 19.8 Å². The van der Waals surface area contributed by atoms with E-state index in [1.54, 1.807) is 0 Å². The molecule has 29 heavy (non-hydrogen) atoms. The van der Waals surface area contributed by atoms with Gasteiger partial charge in [0, 0.05) is 35.9 Å². The number of fused-ring (bicyclic) bond motifs is 1. The molecule has 0 aliphatic carbocycles. The third-order valence-electron chi connectivity index (χ3n) is 5.24. The number of carbonyl (C=O) groups is 2. The van der Waals surface area contributed by atoms with Crippen molar-refractivity contribution < 1.29 is 14.3 Å². The maximum Gasteiger partial charge on any atom is 0.303 e. The molecule has 3 aromatic rings. The second-order valence-electron chi connectivity index (χ2n) is 7.31. The summed E-state index contributed by atoms with van der Waals surface area (Å²) in [5.74, 6) is -0.273. The normalized spacial score (nSPS) is 15.5. The molecule has 2 aromatic heterocycles. The van der Waals surface area contributed by atoms with Crippen LogP contribution in [0.15, 0.2) is 35.8 Å². The molecular weight excluding hydrogens is 388 g/mol. The molecule has 0 spiro atoms. The van der Waals surface area contributed by atoms with Gasteiger partial charge in [-0.2, -0.15) is 0 Å². The van der Waals surface area contributed by atoms with Crippen molar-refractivity contribution in [2.24, 2.45) is 0 Å². The lowest BCUT2D eigenvalue weighted by Gasteiger charge is -2.31. The summed E-state index contributed by atoms with van der Waals surface area (Å²) in [6.07, 6.45) is 4.41. The Morgan fingerprint density at radius 3 is 2.90 bits per heavy atom. The molecule has 1 aliphatic rings. The predicted molar refractivity (Wildman–Crippen MR) is 113 cm³/mol. The van der Waals surface area contributed by atoms with Crippen LogP contribution in [0.2, 0.25) is 0 Å². The van der Waals surface area contributed by atoms with Crippen LogP contribution in [-0.4, -0.2) is 46.4 Å². The number of anilines is 1. The van der Waals surface area contributed by atoms with Crippen molar-refractivity contribution in [2.75, 3.05) is 25.0 Å². The molecule has 2 N–H and O–H groups in total. The molecule has 1 amide bonds. The van der Waals surface area contributed by atoms with E-state index in [1.807, 2.05) is 5.38 Å². The fourth-order valence-electron chi connectivity index (χ4n) is 3.82. The van der Waals surface area contributed by atoms with Crippen LogP contribution < -0.4 is 5.32 Å². The molecular formula is C21H24N4O3S. The first-order valence-electron chi connectivity index (χ1n) is 9.74. The minimum absolute atomic E-state index is 0.286. The number of amides is 1. The number of benzene rings is 1. The molecule has 0 saturated carbocycles. The van der Waals surface area contributed by atoms with Crippen LogP contribution in [0, 0.1) is 0 Å². The Morgan fingerprint density at radius 2 is 2.10 bits per heavy atom. The van der Waals surface area contributed by atoms with Gasteiger partial charge < -0.3 is 9.72 Å². The first-order valence-corrected chi connectivity index (χ1v) is 10.6. The number of H-pyrrole nitrogens is 1. The molecule has 1 fully saturated rings. The van der Waals surface area contributed by atoms with Gasteiger partial charge in [-0.25, -0.2) is 4.98 Å². The number of ether oxygens (including phenoxy) is 1. The van der Waals surface area contributed by atoms with E-state index >= 15 is 0 Å². The molecule has 0 bridgehead atoms. The monoisotopic (exact) mass is 412 g/mol. The second kappa shape index (κ2) is 8.75. The van der Waals surface area contributed by atoms with Gasteiger partial charge in [0.1, 0.15) is 0 Å². The van der Waals surface area contributed by atoms with Gasteiger partial charge in [0.05, 0.1) is 5.69 Å². The Bertz CT molecular complexity index is 1000. The van der Waals surface area contributed by atoms with Gasteiger partial charge in [-0.1, -0.05) is 18.2 Å². The number of rotatable bonds is 6. The first-order chi connectivity index (χ1) is 14.1. The average Bonchev–Trinajstić information content (AvgIpc) is 3.34. The quantitative estimate of drug-likeness (QED) is 0.605. The number of carbonyl (C=O) groups excluding carboxylic acids is 2. The number of esters is 1. The zero-order chi connectivity index (χ0) is 20.2. The number of nitrogens with zero attached hydrogens (tertiary/aromatic N) is 2. The molecule has 8 heteroatoms. The summed E-state index contributed by atoms with van der Waals surface area (Å²) in [5, 5.41) is 6.50. The molecule has 0 atom stereocenters. The summed E-state index contributed by atoms with van der Waals surface area (Å²) in [6, 6.07) is 8.48. The molecule has 1 saturated heterocycles. The van der Waals surface area contributed by atoms with Crippen LogP contribution in [0.5, 0.6) is 0 Å². The van der Waals surface area contributed by atoms with E-state index < -0.39 is 5.97 Å². The van der Waals surface area contributed by atoms with E-state index in [0.29, 0.717) is 11.0 Å². The average molecular weight is 413 g/mol. The number of hydrogen-bond acceptors (Lipinski definition) is 6. The smallest absolute Gasteiger partial charge is 0.303 e. The minimum Gasteiger partial charge on any atom is -0.456 e. The number of hydrogen-bond donors (Lipinski definition) is 2. The largest absolute Gasteiger partial charge is 0.456 e. The zero-order valence-electron chi connectivity index (χ0n) is 16.3. The van der Waals surface area contributed by atoms with Crippen molar-refractivity contribution in [3.8, 4) is 0 Å². The number of nitrogens with one attached hydrogen (secondary N) is 2. The van der Waals surface area contributed by atoms with Gasteiger partial charge in [0.2, 0.25) is 0 Å². The van der Waals surface area contributed by atoms with Crippen LogP contribution in [0.1, 0.15) is 36.9 Å². The third-order valence-corrected chi connectivity index (χ3v) is 6.05. The zero-order valence-corrected chi connectivity index (χ0v) is 17.1. The highest BCUT2D eigenvalue weighted by Gasteiger charge is 2.23. The second-order valence-corrected chi connectivity index (χ2v) is 8.17. The Labute approximate surface area is 173 Å². The van der Waals surface area contributed by atoms with Crippen LogP contribution >= 0.6 is 11.3 Å². The third kappa shape index (κ3) is 4.83. The van der Waals surface area contributed by atoms with Gasteiger partial charge in [-0.05, 0) is 43.5 Å². The van der Waals surface area contributed by atoms with Crippen molar-refractivity contribution in [3.05, 3.63) is 47.1 Å². The molecule has 7 nitrogen and oxygen atoms in total. The Balaban J connectivity index is 1.28. The van der Waals surface area contributed by atoms with E-state index in [9.17, 15) is 9.59 Å². The SMILES string of the molecule is CC(=O)OCC(=O)Nc1nc(CN2CCC(c3c[nH]c4ccccc34)CC2)cs1. The Morgan fingerprint density at radius 1 is 1.31 bits per heavy atom. The van der Waals surface area contributed by atoms with Gasteiger partial charge in [0.15, 0.2) is 11.7 Å². The van der Waals surface area contributed by atoms with Crippen molar-refractivity contribution in [1.82, 2.24) is 14.9 Å². The van der Waals surface area contributed by atoms with E-state index in [4.69, 9.17) is 0 Å². The number of aromatic nitrogens is 2. The maximum absolute atomic E-state index is 11.7. The fraction of sp³-hybridized carbons (Fsp3) is 0.381. The lowest BCUT2D eigenvalue weighted by molar-refractivity contribution is -0.144. The molecule has 0 radical (unpaired) electrons. The maximum atomic E-state index is 11.7. The summed E-state index contributed by atoms with van der Waals surface area (Å²) in [4.78, 5) is 32.8. The molecule has 152 valence electrons. The molecule has 3 heterocycles. The standard InChI is InChI=1S/C21H24N4O3S/c1-14(26)28-12-20(27)24-21-23-16(13-29-21)11-25-8-6-15(7-9-25)18-10-22-19-5-3-2-4-17(18)19/h2-5,10,13,15,22H,6-9,11-12H2,1H3,(H,23,24,27). The summed E-state index contributed by atoms with van der Waals surface area (Å²) < 4.78 is 4.69. The number of aromatic amines is 1. The summed E-state index contributed by atoms with van der Waals surface area (Å²) in [6.45, 7) is 3.81. The Kier molecular flexibility index (Phi) is 5.92. The van der Waals surface area contributed by atoms with E-state index in [2.05, 4.69) is 55.4 Å². The number of para-hydroxylation sites is 1. The topological polar surface area (TPSA) is 87.3 Å². The number of thiazole rings is 1. The molecule has 4 rings (SSSR count). The molecule has 1 aliphatic heterocycles. The first kappa shape index (κ1) is 19.6. The van der Waals surface area contributed by atoms with Crippen LogP contribution in [0.3, 0.4) is 0 Å². The number of piperidine rings is 1. The lowest BCUT2D eigenvalue weighted by atomic mass is 9.89. The molecule has 0 unspecified atom stereocenters. The lowest BCUT2D eigenvalue weighted by Crippen LogP contribution is -2.32. The van der Waals surface area contributed by atoms with Crippen molar-refractivity contribution in [3.63, 3.8) is 0 Å². The van der Waals surface area contributed by atoms with Gasteiger partial charge in [-0.15, -0.1) is 11.3 Å². The fourth-order valence-corrected chi connectivity index (χ4v) is 4.54. The minimum atomic E-state index is -0.476. The highest BCUT2D eigenvalue weighted by molar-refractivity contribution is 7.13. The van der Waals surface area contributed by atoms with E-state index in [-0.39, 0.29) is 12.5 Å². The predicted octanol–water partition coefficient (Wildman–Crippen LogP) is 3.51. The van der Waals surface area contributed by atoms with Crippen molar-refractivity contribution in [1.29, 1.82) is 0 Å².